The summed E-state index contributed by atoms with van der Waals surface area (Å²) in [5.41, 5.74) is 8.23. The van der Waals surface area contributed by atoms with E-state index in [-0.39, 0.29) is 17.6 Å². The number of benzene rings is 2. The van der Waals surface area contributed by atoms with Crippen LogP contribution in [0.2, 0.25) is 0 Å². The van der Waals surface area contributed by atoms with Gasteiger partial charge in [0.25, 0.3) is 0 Å². The number of hydrogen-bond acceptors (Lipinski definition) is 4. The molecule has 41 heavy (non-hydrogen) atoms. The van der Waals surface area contributed by atoms with Crippen LogP contribution in [0.3, 0.4) is 0 Å². The fraction of sp³-hybridized carbons (Fsp3) is 0.212. The first-order chi connectivity index (χ1) is 20.0. The highest BCUT2D eigenvalue weighted by Gasteiger charge is 2.21. The van der Waals surface area contributed by atoms with Gasteiger partial charge in [-0.3, -0.25) is 14.9 Å². The van der Waals surface area contributed by atoms with Crippen LogP contribution in [0.25, 0.3) is 55.6 Å². The SMILES string of the molecule is Cc1cc(F)cc(-c2cccc3[nH]c(-c4n[nH]c5ncc(-c6cncc(NC(=O)C7CCCCC7)c6)cc45)cc23)c1. The van der Waals surface area contributed by atoms with Gasteiger partial charge in [0, 0.05) is 45.7 Å². The number of carbonyl (C=O) groups is 1. The smallest absolute Gasteiger partial charge is 0.227 e. The molecule has 0 spiro atoms. The number of hydrogen-bond donors (Lipinski definition) is 3. The Balaban J connectivity index is 1.23. The van der Waals surface area contributed by atoms with Gasteiger partial charge in [0.1, 0.15) is 11.5 Å². The van der Waals surface area contributed by atoms with Crippen LogP contribution in [0.5, 0.6) is 0 Å². The van der Waals surface area contributed by atoms with Crippen molar-refractivity contribution >= 4 is 33.5 Å². The first-order valence-corrected chi connectivity index (χ1v) is 14.0. The molecule has 0 atom stereocenters. The number of aryl methyl sites for hydroxylation is 1. The fourth-order valence-corrected chi connectivity index (χ4v) is 5.97. The molecule has 1 fully saturated rings. The molecule has 4 aromatic heterocycles. The van der Waals surface area contributed by atoms with Gasteiger partial charge in [-0.25, -0.2) is 9.37 Å². The number of amides is 1. The molecule has 0 aliphatic heterocycles. The van der Waals surface area contributed by atoms with Crippen LogP contribution in [0.15, 0.2) is 73.2 Å². The lowest BCUT2D eigenvalue weighted by atomic mass is 9.88. The molecule has 0 radical (unpaired) electrons. The number of anilines is 1. The zero-order chi connectivity index (χ0) is 27.9. The molecule has 0 unspecified atom stereocenters. The summed E-state index contributed by atoms with van der Waals surface area (Å²) in [7, 11) is 0. The monoisotopic (exact) mass is 544 g/mol. The maximum atomic E-state index is 14.2. The van der Waals surface area contributed by atoms with Gasteiger partial charge in [-0.1, -0.05) is 37.5 Å². The Hall–Kier alpha value is -4.85. The summed E-state index contributed by atoms with van der Waals surface area (Å²) in [6.45, 7) is 1.89. The van der Waals surface area contributed by atoms with Crippen LogP contribution in [-0.4, -0.2) is 31.1 Å². The Kier molecular flexibility index (Phi) is 6.30. The third kappa shape index (κ3) is 4.86. The number of fused-ring (bicyclic) bond motifs is 2. The van der Waals surface area contributed by atoms with E-state index in [1.54, 1.807) is 24.7 Å². The first kappa shape index (κ1) is 25.1. The Morgan fingerprint density at radius 2 is 1.78 bits per heavy atom. The second-order valence-electron chi connectivity index (χ2n) is 10.9. The quantitative estimate of drug-likeness (QED) is 0.206. The highest BCUT2D eigenvalue weighted by molar-refractivity contribution is 6.01. The number of H-pyrrole nitrogens is 2. The molecule has 0 bridgehead atoms. The number of aromatic nitrogens is 5. The topological polar surface area (TPSA) is 99.3 Å². The maximum Gasteiger partial charge on any atom is 0.227 e. The fourth-order valence-electron chi connectivity index (χ4n) is 5.97. The molecular weight excluding hydrogens is 515 g/mol. The van der Waals surface area contributed by atoms with Crippen molar-refractivity contribution < 1.29 is 9.18 Å². The van der Waals surface area contributed by atoms with Crippen LogP contribution in [-0.2, 0) is 4.79 Å². The molecule has 1 amide bonds. The van der Waals surface area contributed by atoms with Gasteiger partial charge in [0.05, 0.1) is 17.6 Å². The van der Waals surface area contributed by atoms with Gasteiger partial charge in [-0.2, -0.15) is 5.10 Å². The highest BCUT2D eigenvalue weighted by atomic mass is 19.1. The van der Waals surface area contributed by atoms with E-state index in [9.17, 15) is 9.18 Å². The molecule has 1 aliphatic carbocycles. The van der Waals surface area contributed by atoms with Crippen molar-refractivity contribution in [3.8, 4) is 33.6 Å². The average molecular weight is 545 g/mol. The van der Waals surface area contributed by atoms with Gasteiger partial charge >= 0.3 is 0 Å². The number of carbonyl (C=O) groups excluding carboxylic acids is 1. The number of nitrogens with zero attached hydrogens (tertiary/aromatic N) is 3. The van der Waals surface area contributed by atoms with Gasteiger partial charge in [0.15, 0.2) is 5.65 Å². The van der Waals surface area contributed by atoms with Crippen LogP contribution < -0.4 is 5.32 Å². The van der Waals surface area contributed by atoms with E-state index in [0.717, 1.165) is 81.2 Å². The average Bonchev–Trinajstić information content (AvgIpc) is 3.61. The zero-order valence-corrected chi connectivity index (χ0v) is 22.7. The molecule has 1 aliphatic rings. The summed E-state index contributed by atoms with van der Waals surface area (Å²) in [6, 6.07) is 17.1. The van der Waals surface area contributed by atoms with E-state index in [1.165, 1.54) is 12.5 Å². The van der Waals surface area contributed by atoms with Crippen molar-refractivity contribution in [2.24, 2.45) is 5.92 Å². The predicted molar refractivity (Wildman–Crippen MR) is 160 cm³/mol. The lowest BCUT2D eigenvalue weighted by Gasteiger charge is -2.20. The first-order valence-electron chi connectivity index (χ1n) is 14.0. The van der Waals surface area contributed by atoms with Crippen molar-refractivity contribution in [3.05, 3.63) is 84.6 Å². The normalized spacial score (nSPS) is 14.1. The molecule has 1 saturated carbocycles. The Morgan fingerprint density at radius 1 is 0.927 bits per heavy atom. The Bertz CT molecular complexity index is 1900. The summed E-state index contributed by atoms with van der Waals surface area (Å²) in [5.74, 6) is -0.113. The largest absolute Gasteiger partial charge is 0.353 e. The summed E-state index contributed by atoms with van der Waals surface area (Å²) < 4.78 is 14.2. The van der Waals surface area contributed by atoms with E-state index in [1.807, 2.05) is 43.3 Å². The van der Waals surface area contributed by atoms with Crippen molar-refractivity contribution in [3.63, 3.8) is 0 Å². The van der Waals surface area contributed by atoms with Gasteiger partial charge in [-0.15, -0.1) is 0 Å². The second kappa shape index (κ2) is 10.3. The van der Waals surface area contributed by atoms with Gasteiger partial charge in [0.2, 0.25) is 5.91 Å². The van der Waals surface area contributed by atoms with Crippen LogP contribution in [0.4, 0.5) is 10.1 Å². The van der Waals surface area contributed by atoms with Gasteiger partial charge in [-0.05, 0) is 72.9 Å². The highest BCUT2D eigenvalue weighted by Crippen LogP contribution is 2.35. The van der Waals surface area contributed by atoms with Crippen molar-refractivity contribution in [1.82, 2.24) is 25.1 Å². The molecule has 8 heteroatoms. The minimum atomic E-state index is -0.253. The third-order valence-electron chi connectivity index (χ3n) is 8.00. The lowest BCUT2D eigenvalue weighted by molar-refractivity contribution is -0.120. The number of rotatable bonds is 5. The van der Waals surface area contributed by atoms with E-state index in [4.69, 9.17) is 0 Å². The molecule has 7 rings (SSSR count). The summed E-state index contributed by atoms with van der Waals surface area (Å²) in [6.07, 6.45) is 10.5. The molecule has 0 saturated heterocycles. The molecule has 4 heterocycles. The minimum Gasteiger partial charge on any atom is -0.353 e. The summed E-state index contributed by atoms with van der Waals surface area (Å²) in [4.78, 5) is 25.3. The Labute approximate surface area is 236 Å². The molecule has 2 aromatic carbocycles. The third-order valence-corrected chi connectivity index (χ3v) is 8.00. The molecule has 6 aromatic rings. The molecule has 7 nitrogen and oxygen atoms in total. The Morgan fingerprint density at radius 3 is 2.63 bits per heavy atom. The zero-order valence-electron chi connectivity index (χ0n) is 22.7. The molecule has 204 valence electrons. The van der Waals surface area contributed by atoms with Crippen molar-refractivity contribution in [1.29, 1.82) is 0 Å². The maximum absolute atomic E-state index is 14.2. The number of halogens is 1. The number of aromatic amines is 2. The lowest BCUT2D eigenvalue weighted by Crippen LogP contribution is -2.24. The van der Waals surface area contributed by atoms with Crippen LogP contribution in [0, 0.1) is 18.7 Å². The molecular formula is C33H29FN6O. The van der Waals surface area contributed by atoms with E-state index in [0.29, 0.717) is 11.3 Å². The summed E-state index contributed by atoms with van der Waals surface area (Å²) >= 11 is 0. The minimum absolute atomic E-state index is 0.0701. The van der Waals surface area contributed by atoms with Crippen LogP contribution >= 0.6 is 0 Å². The van der Waals surface area contributed by atoms with E-state index in [2.05, 4.69) is 36.5 Å². The number of pyridine rings is 2. The van der Waals surface area contributed by atoms with E-state index < -0.39 is 0 Å². The molecule has 3 N–H and O–H groups in total. The second-order valence-corrected chi connectivity index (χ2v) is 10.9. The van der Waals surface area contributed by atoms with E-state index >= 15 is 0 Å². The van der Waals surface area contributed by atoms with Crippen molar-refractivity contribution in [2.45, 2.75) is 39.0 Å². The predicted octanol–water partition coefficient (Wildman–Crippen LogP) is 7.80. The van der Waals surface area contributed by atoms with Crippen molar-refractivity contribution in [2.75, 3.05) is 5.32 Å². The standard InChI is InChI=1S/C33H29FN6O/c1-19-10-21(12-24(34)11-19)26-8-5-9-29-27(26)15-30(38-29)31-28-14-23(17-36-32(28)40-39-31)22-13-25(18-35-16-22)37-33(41)20-6-3-2-4-7-20/h5,8-18,20,38H,2-4,6-7H2,1H3,(H,37,41)(H,36,39,40). The number of nitrogens with one attached hydrogen (secondary N) is 3. The van der Waals surface area contributed by atoms with Crippen LogP contribution in [0.1, 0.15) is 37.7 Å². The van der Waals surface area contributed by atoms with Gasteiger partial charge < -0.3 is 10.3 Å². The summed E-state index contributed by atoms with van der Waals surface area (Å²) in [5, 5.41) is 12.5.